The number of amides is 2. The molecule has 1 aliphatic heterocycles. The van der Waals surface area contributed by atoms with Crippen LogP contribution in [-0.4, -0.2) is 62.6 Å². The molecule has 0 bridgehead atoms. The Labute approximate surface area is 138 Å². The third kappa shape index (κ3) is 3.12. The summed E-state index contributed by atoms with van der Waals surface area (Å²) in [5.74, 6) is 0.0652. The molecule has 1 aromatic heterocycles. The van der Waals surface area contributed by atoms with Crippen molar-refractivity contribution < 1.29 is 14.0 Å². The molecule has 1 fully saturated rings. The van der Waals surface area contributed by atoms with Crippen LogP contribution in [0, 0.1) is 12.7 Å². The summed E-state index contributed by atoms with van der Waals surface area (Å²) in [6.07, 6.45) is 0. The van der Waals surface area contributed by atoms with E-state index in [1.165, 1.54) is 23.7 Å². The zero-order chi connectivity index (χ0) is 17.3. The van der Waals surface area contributed by atoms with Crippen molar-refractivity contribution >= 4 is 11.8 Å². The molecule has 1 aliphatic rings. The number of nitrogens with zero attached hydrogens (tertiary/aromatic N) is 5. The fourth-order valence-corrected chi connectivity index (χ4v) is 2.67. The van der Waals surface area contributed by atoms with Crippen molar-refractivity contribution in [2.24, 2.45) is 0 Å². The molecule has 0 saturated carbocycles. The van der Waals surface area contributed by atoms with E-state index >= 15 is 0 Å². The molecule has 3 rings (SSSR count). The summed E-state index contributed by atoms with van der Waals surface area (Å²) < 4.78 is 14.5. The van der Waals surface area contributed by atoms with Gasteiger partial charge in [-0.05, 0) is 31.2 Å². The van der Waals surface area contributed by atoms with Gasteiger partial charge in [-0.3, -0.25) is 9.59 Å². The third-order valence-corrected chi connectivity index (χ3v) is 4.04. The second-order valence-corrected chi connectivity index (χ2v) is 5.67. The standard InChI is InChI=1S/C16H18FN5O2/c1-11-18-15(19-22(11)14-5-3-13(17)4-6-14)16(24)21-9-7-20(8-10-21)12(2)23/h3-6H,7-10H2,1-2H3. The highest BCUT2D eigenvalue weighted by Gasteiger charge is 2.26. The van der Waals surface area contributed by atoms with E-state index in [4.69, 9.17) is 0 Å². The average molecular weight is 331 g/mol. The molecule has 1 saturated heterocycles. The van der Waals surface area contributed by atoms with Crippen molar-refractivity contribution in [2.45, 2.75) is 13.8 Å². The van der Waals surface area contributed by atoms with Gasteiger partial charge in [0.25, 0.3) is 5.91 Å². The maximum absolute atomic E-state index is 13.0. The van der Waals surface area contributed by atoms with E-state index in [0.29, 0.717) is 37.7 Å². The van der Waals surface area contributed by atoms with Gasteiger partial charge >= 0.3 is 0 Å². The number of hydrogen-bond donors (Lipinski definition) is 0. The summed E-state index contributed by atoms with van der Waals surface area (Å²) in [5, 5.41) is 4.25. The Hall–Kier alpha value is -2.77. The molecule has 0 aliphatic carbocycles. The van der Waals surface area contributed by atoms with Gasteiger partial charge in [-0.15, -0.1) is 5.10 Å². The molecule has 7 nitrogen and oxygen atoms in total. The lowest BCUT2D eigenvalue weighted by Crippen LogP contribution is -2.50. The number of piperazine rings is 1. The molecule has 0 unspecified atom stereocenters. The van der Waals surface area contributed by atoms with Crippen molar-refractivity contribution in [3.05, 3.63) is 41.7 Å². The first-order chi connectivity index (χ1) is 11.5. The zero-order valence-corrected chi connectivity index (χ0v) is 13.6. The van der Waals surface area contributed by atoms with Crippen molar-refractivity contribution in [3.8, 4) is 5.69 Å². The Bertz CT molecular complexity index is 763. The number of carbonyl (C=O) groups excluding carboxylic acids is 2. The SMILES string of the molecule is CC(=O)N1CCN(C(=O)c2nc(C)n(-c3ccc(F)cc3)n2)CC1. The third-order valence-electron chi connectivity index (χ3n) is 4.04. The van der Waals surface area contributed by atoms with Crippen molar-refractivity contribution in [3.63, 3.8) is 0 Å². The van der Waals surface area contributed by atoms with Crippen LogP contribution < -0.4 is 0 Å². The van der Waals surface area contributed by atoms with Crippen molar-refractivity contribution in [1.29, 1.82) is 0 Å². The number of benzene rings is 1. The normalized spacial score (nSPS) is 14.8. The maximum atomic E-state index is 13.0. The van der Waals surface area contributed by atoms with Crippen molar-refractivity contribution in [2.75, 3.05) is 26.2 Å². The molecular formula is C16H18FN5O2. The van der Waals surface area contributed by atoms with Gasteiger partial charge in [-0.2, -0.15) is 0 Å². The number of carbonyl (C=O) groups is 2. The number of rotatable bonds is 2. The number of aromatic nitrogens is 3. The predicted molar refractivity (Wildman–Crippen MR) is 84.2 cm³/mol. The highest BCUT2D eigenvalue weighted by Crippen LogP contribution is 2.12. The molecule has 0 spiro atoms. The first-order valence-corrected chi connectivity index (χ1v) is 7.70. The summed E-state index contributed by atoms with van der Waals surface area (Å²) in [6, 6.07) is 5.83. The second kappa shape index (κ2) is 6.38. The Morgan fingerprint density at radius 1 is 1.04 bits per heavy atom. The van der Waals surface area contributed by atoms with E-state index in [2.05, 4.69) is 10.1 Å². The van der Waals surface area contributed by atoms with Gasteiger partial charge in [0.15, 0.2) is 0 Å². The minimum atomic E-state index is -0.337. The fourth-order valence-electron chi connectivity index (χ4n) is 2.67. The molecule has 1 aromatic carbocycles. The van der Waals surface area contributed by atoms with Crippen LogP contribution in [0.25, 0.3) is 5.69 Å². The molecule has 0 N–H and O–H groups in total. The summed E-state index contributed by atoms with van der Waals surface area (Å²) in [7, 11) is 0. The summed E-state index contributed by atoms with van der Waals surface area (Å²) in [6.45, 7) is 5.20. The first-order valence-electron chi connectivity index (χ1n) is 7.70. The van der Waals surface area contributed by atoms with Crippen LogP contribution in [0.2, 0.25) is 0 Å². The maximum Gasteiger partial charge on any atom is 0.293 e. The Kier molecular flexibility index (Phi) is 4.28. The van der Waals surface area contributed by atoms with Crippen LogP contribution in [0.15, 0.2) is 24.3 Å². The van der Waals surface area contributed by atoms with Gasteiger partial charge in [0.2, 0.25) is 11.7 Å². The minimum Gasteiger partial charge on any atom is -0.339 e. The van der Waals surface area contributed by atoms with Gasteiger partial charge in [0.05, 0.1) is 5.69 Å². The number of aryl methyl sites for hydroxylation is 1. The molecule has 2 aromatic rings. The van der Waals surface area contributed by atoms with Crippen molar-refractivity contribution in [1.82, 2.24) is 24.6 Å². The highest BCUT2D eigenvalue weighted by atomic mass is 19.1. The average Bonchev–Trinajstić information content (AvgIpc) is 2.97. The molecular weight excluding hydrogens is 313 g/mol. The molecule has 24 heavy (non-hydrogen) atoms. The lowest BCUT2D eigenvalue weighted by atomic mass is 10.3. The quantitative estimate of drug-likeness (QED) is 0.824. The topological polar surface area (TPSA) is 71.3 Å². The monoisotopic (exact) mass is 331 g/mol. The Balaban J connectivity index is 1.76. The smallest absolute Gasteiger partial charge is 0.293 e. The summed E-state index contributed by atoms with van der Waals surface area (Å²) in [5.41, 5.74) is 0.641. The van der Waals surface area contributed by atoms with Crippen LogP contribution in [0.1, 0.15) is 23.4 Å². The molecule has 8 heteroatoms. The van der Waals surface area contributed by atoms with Crippen LogP contribution in [0.5, 0.6) is 0 Å². The minimum absolute atomic E-state index is 0.0108. The van der Waals surface area contributed by atoms with E-state index in [-0.39, 0.29) is 23.5 Å². The molecule has 2 amide bonds. The predicted octanol–water partition coefficient (Wildman–Crippen LogP) is 1.02. The Morgan fingerprint density at radius 2 is 1.62 bits per heavy atom. The largest absolute Gasteiger partial charge is 0.339 e. The van der Waals surface area contributed by atoms with E-state index in [0.717, 1.165) is 0 Å². The summed E-state index contributed by atoms with van der Waals surface area (Å²) in [4.78, 5) is 31.5. The van der Waals surface area contributed by atoms with E-state index in [1.54, 1.807) is 28.9 Å². The Morgan fingerprint density at radius 3 is 2.21 bits per heavy atom. The van der Waals surface area contributed by atoms with Crippen LogP contribution in [-0.2, 0) is 4.79 Å². The van der Waals surface area contributed by atoms with E-state index in [9.17, 15) is 14.0 Å². The van der Waals surface area contributed by atoms with E-state index in [1.807, 2.05) is 0 Å². The zero-order valence-electron chi connectivity index (χ0n) is 13.6. The van der Waals surface area contributed by atoms with Crippen LogP contribution >= 0.6 is 0 Å². The molecule has 2 heterocycles. The van der Waals surface area contributed by atoms with Gasteiger partial charge in [0.1, 0.15) is 11.6 Å². The molecule has 126 valence electrons. The van der Waals surface area contributed by atoms with E-state index < -0.39 is 0 Å². The summed E-state index contributed by atoms with van der Waals surface area (Å²) >= 11 is 0. The lowest BCUT2D eigenvalue weighted by Gasteiger charge is -2.33. The molecule has 0 atom stereocenters. The van der Waals surface area contributed by atoms with Gasteiger partial charge < -0.3 is 9.80 Å². The van der Waals surface area contributed by atoms with Gasteiger partial charge in [-0.1, -0.05) is 0 Å². The first kappa shape index (κ1) is 16.1. The number of hydrogen-bond acceptors (Lipinski definition) is 4. The number of halogens is 1. The second-order valence-electron chi connectivity index (χ2n) is 5.67. The highest BCUT2D eigenvalue weighted by molar-refractivity contribution is 5.90. The molecule has 0 radical (unpaired) electrons. The van der Waals surface area contributed by atoms with Crippen LogP contribution in [0.4, 0.5) is 4.39 Å². The van der Waals surface area contributed by atoms with Crippen LogP contribution in [0.3, 0.4) is 0 Å². The van der Waals surface area contributed by atoms with Gasteiger partial charge in [-0.25, -0.2) is 14.1 Å². The van der Waals surface area contributed by atoms with Gasteiger partial charge in [0, 0.05) is 33.1 Å². The lowest BCUT2D eigenvalue weighted by molar-refractivity contribution is -0.130. The fraction of sp³-hybridized carbons (Fsp3) is 0.375.